The fourth-order valence-electron chi connectivity index (χ4n) is 2.86. The molecule has 0 aliphatic carbocycles. The Hall–Kier alpha value is -1.09. The van der Waals surface area contributed by atoms with Crippen molar-refractivity contribution in [3.63, 3.8) is 0 Å². The van der Waals surface area contributed by atoms with Gasteiger partial charge < -0.3 is 10.6 Å². The largest absolute Gasteiger partial charge is 0.368 e. The van der Waals surface area contributed by atoms with Crippen molar-refractivity contribution in [3.05, 3.63) is 29.1 Å². The average Bonchev–Trinajstić information content (AvgIpc) is 2.41. The third-order valence-corrected chi connectivity index (χ3v) is 4.05. The van der Waals surface area contributed by atoms with Crippen molar-refractivity contribution in [3.8, 4) is 0 Å². The van der Waals surface area contributed by atoms with Crippen LogP contribution in [-0.2, 0) is 0 Å². The highest BCUT2D eigenvalue weighted by molar-refractivity contribution is 5.58. The van der Waals surface area contributed by atoms with Gasteiger partial charge in [-0.1, -0.05) is 27.7 Å². The molecule has 0 saturated carbocycles. The van der Waals surface area contributed by atoms with Gasteiger partial charge in [-0.2, -0.15) is 0 Å². The molecule has 0 aromatic heterocycles. The van der Waals surface area contributed by atoms with E-state index in [0.29, 0.717) is 17.5 Å². The van der Waals surface area contributed by atoms with Gasteiger partial charge in [-0.25, -0.2) is 4.39 Å². The van der Waals surface area contributed by atoms with Gasteiger partial charge in [0.15, 0.2) is 0 Å². The summed E-state index contributed by atoms with van der Waals surface area (Å²) >= 11 is 0. The second-order valence-corrected chi connectivity index (χ2v) is 6.47. The van der Waals surface area contributed by atoms with Crippen molar-refractivity contribution in [1.29, 1.82) is 0 Å². The predicted octanol–water partition coefficient (Wildman–Crippen LogP) is 4.80. The van der Waals surface area contributed by atoms with E-state index >= 15 is 0 Å². The minimum Gasteiger partial charge on any atom is -0.368 e. The van der Waals surface area contributed by atoms with Crippen LogP contribution < -0.4 is 10.6 Å². The molecule has 2 nitrogen and oxygen atoms in total. The SMILES string of the molecule is CCC(CC)N(CC(C)C)c1cc(C)c(F)cc1C(C)N. The molecule has 0 saturated heterocycles. The first-order valence-corrected chi connectivity index (χ1v) is 8.13. The maximum atomic E-state index is 13.9. The zero-order valence-electron chi connectivity index (χ0n) is 14.4. The topological polar surface area (TPSA) is 29.3 Å². The van der Waals surface area contributed by atoms with Crippen molar-refractivity contribution in [2.45, 2.75) is 66.5 Å². The number of rotatable bonds is 7. The molecule has 0 aliphatic rings. The summed E-state index contributed by atoms with van der Waals surface area (Å²) in [5, 5.41) is 0. The highest BCUT2D eigenvalue weighted by Crippen LogP contribution is 2.31. The van der Waals surface area contributed by atoms with Crippen LogP contribution in [0, 0.1) is 18.7 Å². The number of hydrogen-bond donors (Lipinski definition) is 1. The van der Waals surface area contributed by atoms with E-state index < -0.39 is 0 Å². The van der Waals surface area contributed by atoms with Gasteiger partial charge >= 0.3 is 0 Å². The van der Waals surface area contributed by atoms with Crippen LogP contribution in [0.15, 0.2) is 12.1 Å². The van der Waals surface area contributed by atoms with Gasteiger partial charge in [0.2, 0.25) is 0 Å². The lowest BCUT2D eigenvalue weighted by Gasteiger charge is -2.36. The van der Waals surface area contributed by atoms with Crippen molar-refractivity contribution in [1.82, 2.24) is 0 Å². The quantitative estimate of drug-likeness (QED) is 0.782. The van der Waals surface area contributed by atoms with E-state index in [2.05, 4.69) is 32.6 Å². The first-order chi connectivity index (χ1) is 9.81. The number of hydrogen-bond acceptors (Lipinski definition) is 2. The molecule has 1 aromatic rings. The minimum atomic E-state index is -0.167. The van der Waals surface area contributed by atoms with E-state index in [0.717, 1.165) is 30.6 Å². The monoisotopic (exact) mass is 294 g/mol. The second-order valence-electron chi connectivity index (χ2n) is 6.47. The molecule has 2 N–H and O–H groups in total. The molecule has 1 aromatic carbocycles. The molecule has 0 fully saturated rings. The van der Waals surface area contributed by atoms with E-state index in [1.807, 2.05) is 19.9 Å². The van der Waals surface area contributed by atoms with Gasteiger partial charge in [0, 0.05) is 24.3 Å². The van der Waals surface area contributed by atoms with E-state index in [-0.39, 0.29) is 11.9 Å². The van der Waals surface area contributed by atoms with Crippen molar-refractivity contribution in [2.24, 2.45) is 11.7 Å². The summed E-state index contributed by atoms with van der Waals surface area (Å²) in [7, 11) is 0. The molecule has 1 rings (SSSR count). The van der Waals surface area contributed by atoms with E-state index in [9.17, 15) is 4.39 Å². The summed E-state index contributed by atoms with van der Waals surface area (Å²) in [4.78, 5) is 2.43. The third kappa shape index (κ3) is 4.44. The van der Waals surface area contributed by atoms with Crippen LogP contribution in [-0.4, -0.2) is 12.6 Å². The number of anilines is 1. The van der Waals surface area contributed by atoms with Crippen molar-refractivity contribution >= 4 is 5.69 Å². The van der Waals surface area contributed by atoms with Crippen LogP contribution in [0.5, 0.6) is 0 Å². The van der Waals surface area contributed by atoms with Gasteiger partial charge in [-0.05, 0) is 55.9 Å². The maximum Gasteiger partial charge on any atom is 0.126 e. The summed E-state index contributed by atoms with van der Waals surface area (Å²) in [5.41, 5.74) is 8.79. The molecule has 0 aliphatic heterocycles. The average molecular weight is 294 g/mol. The van der Waals surface area contributed by atoms with Crippen LogP contribution in [0.25, 0.3) is 0 Å². The first-order valence-electron chi connectivity index (χ1n) is 8.13. The van der Waals surface area contributed by atoms with Crippen LogP contribution in [0.1, 0.15) is 64.6 Å². The molecule has 1 unspecified atom stereocenters. The predicted molar refractivity (Wildman–Crippen MR) is 90.3 cm³/mol. The molecule has 0 amide bonds. The van der Waals surface area contributed by atoms with Gasteiger partial charge in [-0.15, -0.1) is 0 Å². The summed E-state index contributed by atoms with van der Waals surface area (Å²) in [6.07, 6.45) is 2.16. The van der Waals surface area contributed by atoms with Crippen molar-refractivity contribution in [2.75, 3.05) is 11.4 Å². The smallest absolute Gasteiger partial charge is 0.126 e. The van der Waals surface area contributed by atoms with E-state index in [4.69, 9.17) is 5.73 Å². The Morgan fingerprint density at radius 3 is 2.14 bits per heavy atom. The zero-order chi connectivity index (χ0) is 16.2. The molecule has 21 heavy (non-hydrogen) atoms. The molecular formula is C18H31FN2. The second kappa shape index (κ2) is 7.79. The molecule has 0 spiro atoms. The van der Waals surface area contributed by atoms with E-state index in [1.165, 1.54) is 0 Å². The molecule has 0 radical (unpaired) electrons. The number of benzene rings is 1. The Kier molecular flexibility index (Phi) is 6.66. The summed E-state index contributed by atoms with van der Waals surface area (Å²) in [6.45, 7) is 13.6. The number of halogens is 1. The Morgan fingerprint density at radius 1 is 1.14 bits per heavy atom. The lowest BCUT2D eigenvalue weighted by atomic mass is 9.99. The van der Waals surface area contributed by atoms with Gasteiger partial charge in [0.1, 0.15) is 5.82 Å². The highest BCUT2D eigenvalue weighted by Gasteiger charge is 2.22. The van der Waals surface area contributed by atoms with Gasteiger partial charge in [-0.3, -0.25) is 0 Å². The third-order valence-electron chi connectivity index (χ3n) is 4.05. The molecule has 1 atom stereocenters. The first kappa shape index (κ1) is 18.0. The molecule has 0 heterocycles. The number of nitrogens with two attached hydrogens (primary N) is 1. The summed E-state index contributed by atoms with van der Waals surface area (Å²) < 4.78 is 13.9. The lowest BCUT2D eigenvalue weighted by Crippen LogP contribution is -2.38. The molecular weight excluding hydrogens is 263 g/mol. The Labute approximate surface area is 129 Å². The van der Waals surface area contributed by atoms with Gasteiger partial charge in [0.25, 0.3) is 0 Å². The lowest BCUT2D eigenvalue weighted by molar-refractivity contribution is 0.504. The normalized spacial score (nSPS) is 13.0. The molecule has 120 valence electrons. The Balaban J connectivity index is 3.37. The fourth-order valence-corrected chi connectivity index (χ4v) is 2.86. The van der Waals surface area contributed by atoms with E-state index in [1.54, 1.807) is 6.07 Å². The molecule has 0 bridgehead atoms. The summed E-state index contributed by atoms with van der Waals surface area (Å²) in [6, 6.07) is 3.88. The maximum absolute atomic E-state index is 13.9. The van der Waals surface area contributed by atoms with Crippen LogP contribution in [0.3, 0.4) is 0 Å². The Bertz CT molecular complexity index is 451. The van der Waals surface area contributed by atoms with Crippen LogP contribution in [0.4, 0.5) is 10.1 Å². The fraction of sp³-hybridized carbons (Fsp3) is 0.667. The zero-order valence-corrected chi connectivity index (χ0v) is 14.4. The van der Waals surface area contributed by atoms with Crippen LogP contribution >= 0.6 is 0 Å². The summed E-state index contributed by atoms with van der Waals surface area (Å²) in [5.74, 6) is 0.386. The standard InChI is InChI=1S/C18H31FN2/c1-7-15(8-2)21(11-12(3)4)18-9-13(5)17(19)10-16(18)14(6)20/h9-10,12,14-15H,7-8,11,20H2,1-6H3. The number of nitrogens with zero attached hydrogens (tertiary/aromatic N) is 1. The van der Waals surface area contributed by atoms with Crippen LogP contribution in [0.2, 0.25) is 0 Å². The Morgan fingerprint density at radius 2 is 1.71 bits per heavy atom. The van der Waals surface area contributed by atoms with Gasteiger partial charge in [0.05, 0.1) is 0 Å². The highest BCUT2D eigenvalue weighted by atomic mass is 19.1. The minimum absolute atomic E-state index is 0.167. The molecule has 3 heteroatoms. The number of aryl methyl sites for hydroxylation is 1. The van der Waals surface area contributed by atoms with Crippen molar-refractivity contribution < 1.29 is 4.39 Å².